The van der Waals surface area contributed by atoms with Crippen molar-refractivity contribution < 1.29 is 13.2 Å². The molecule has 1 aromatic carbocycles. The predicted molar refractivity (Wildman–Crippen MR) is 80.0 cm³/mol. The van der Waals surface area contributed by atoms with Crippen LogP contribution in [-0.2, 0) is 17.1 Å². The van der Waals surface area contributed by atoms with Crippen LogP contribution in [0.3, 0.4) is 0 Å². The zero-order chi connectivity index (χ0) is 15.5. The normalized spacial score (nSPS) is 11.8. The Hall–Kier alpha value is -1.57. The van der Waals surface area contributed by atoms with Crippen LogP contribution in [0.4, 0.5) is 0 Å². The molecule has 0 radical (unpaired) electrons. The number of aryl methyl sites for hydroxylation is 1. The minimum absolute atomic E-state index is 0.162. The summed E-state index contributed by atoms with van der Waals surface area (Å²) in [5.74, 6) is 0.606. The summed E-state index contributed by atoms with van der Waals surface area (Å²) in [6.45, 7) is 0.458. The molecule has 0 N–H and O–H groups in total. The number of ether oxygens (including phenoxy) is 1. The standard InChI is InChI=1S/C13H16ClN3O3S/c1-16-10-13(9-15-16)21(18,19)17(2)6-7-20-12-5-3-4-11(14)8-12/h3-5,8-10H,6-7H2,1-2H3. The molecule has 0 aliphatic carbocycles. The molecule has 21 heavy (non-hydrogen) atoms. The fraction of sp³-hybridized carbons (Fsp3) is 0.308. The number of nitrogens with zero attached hydrogens (tertiary/aromatic N) is 3. The number of hydrogen-bond donors (Lipinski definition) is 0. The van der Waals surface area contributed by atoms with E-state index in [1.807, 2.05) is 0 Å². The van der Waals surface area contributed by atoms with Gasteiger partial charge in [0.05, 0.1) is 6.20 Å². The topological polar surface area (TPSA) is 64.4 Å². The van der Waals surface area contributed by atoms with E-state index in [-0.39, 0.29) is 18.0 Å². The monoisotopic (exact) mass is 329 g/mol. The third-order valence-electron chi connectivity index (χ3n) is 2.86. The van der Waals surface area contributed by atoms with Crippen LogP contribution in [-0.4, -0.2) is 42.7 Å². The Kier molecular flexibility index (Phi) is 4.87. The van der Waals surface area contributed by atoms with Gasteiger partial charge in [-0.15, -0.1) is 0 Å². The van der Waals surface area contributed by atoms with Crippen LogP contribution in [0.25, 0.3) is 0 Å². The number of rotatable bonds is 6. The third-order valence-corrected chi connectivity index (χ3v) is 4.91. The van der Waals surface area contributed by atoms with Crippen molar-refractivity contribution in [1.29, 1.82) is 0 Å². The molecule has 0 spiro atoms. The van der Waals surface area contributed by atoms with Gasteiger partial charge in [-0.2, -0.15) is 9.40 Å². The molecule has 2 aromatic rings. The summed E-state index contributed by atoms with van der Waals surface area (Å²) in [5.41, 5.74) is 0. The summed E-state index contributed by atoms with van der Waals surface area (Å²) in [4.78, 5) is 0.162. The maximum Gasteiger partial charge on any atom is 0.246 e. The number of halogens is 1. The van der Waals surface area contributed by atoms with E-state index in [4.69, 9.17) is 16.3 Å². The fourth-order valence-electron chi connectivity index (χ4n) is 1.68. The summed E-state index contributed by atoms with van der Waals surface area (Å²) in [5, 5.41) is 4.44. The van der Waals surface area contributed by atoms with Gasteiger partial charge in [0.2, 0.25) is 10.0 Å². The molecule has 0 saturated heterocycles. The van der Waals surface area contributed by atoms with Crippen molar-refractivity contribution in [2.24, 2.45) is 7.05 Å². The number of sulfonamides is 1. The van der Waals surface area contributed by atoms with Gasteiger partial charge in [-0.05, 0) is 18.2 Å². The number of aromatic nitrogens is 2. The van der Waals surface area contributed by atoms with Crippen molar-refractivity contribution in [3.63, 3.8) is 0 Å². The van der Waals surface area contributed by atoms with Crippen LogP contribution in [0.2, 0.25) is 5.02 Å². The Morgan fingerprint density at radius 3 is 2.81 bits per heavy atom. The van der Waals surface area contributed by atoms with E-state index in [0.717, 1.165) is 0 Å². The first-order valence-corrected chi connectivity index (χ1v) is 8.05. The highest BCUT2D eigenvalue weighted by molar-refractivity contribution is 7.89. The molecule has 2 rings (SSSR count). The van der Waals surface area contributed by atoms with Crippen LogP contribution in [0, 0.1) is 0 Å². The van der Waals surface area contributed by atoms with E-state index in [9.17, 15) is 8.42 Å². The second kappa shape index (κ2) is 6.46. The van der Waals surface area contributed by atoms with Crippen molar-refractivity contribution in [2.45, 2.75) is 4.90 Å². The van der Waals surface area contributed by atoms with Crippen molar-refractivity contribution in [2.75, 3.05) is 20.2 Å². The lowest BCUT2D eigenvalue weighted by Crippen LogP contribution is -2.30. The highest BCUT2D eigenvalue weighted by Gasteiger charge is 2.22. The lowest BCUT2D eigenvalue weighted by Gasteiger charge is -2.16. The van der Waals surface area contributed by atoms with Crippen LogP contribution in [0.5, 0.6) is 5.75 Å². The second-order valence-electron chi connectivity index (χ2n) is 4.48. The van der Waals surface area contributed by atoms with Crippen LogP contribution >= 0.6 is 11.6 Å². The summed E-state index contributed by atoms with van der Waals surface area (Å²) >= 11 is 5.85. The zero-order valence-electron chi connectivity index (χ0n) is 11.7. The fourth-order valence-corrected chi connectivity index (χ4v) is 3.00. The first-order chi connectivity index (χ1) is 9.89. The maximum absolute atomic E-state index is 12.2. The summed E-state index contributed by atoms with van der Waals surface area (Å²) < 4.78 is 32.6. The molecular formula is C13H16ClN3O3S. The second-order valence-corrected chi connectivity index (χ2v) is 6.96. The Morgan fingerprint density at radius 2 is 2.19 bits per heavy atom. The predicted octanol–water partition coefficient (Wildman–Crippen LogP) is 1.77. The van der Waals surface area contributed by atoms with Crippen LogP contribution in [0.15, 0.2) is 41.6 Å². The van der Waals surface area contributed by atoms with Crippen LogP contribution in [0.1, 0.15) is 0 Å². The minimum atomic E-state index is -3.54. The van der Waals surface area contributed by atoms with E-state index in [1.165, 1.54) is 28.4 Å². The molecule has 1 aromatic heterocycles. The molecule has 114 valence electrons. The van der Waals surface area contributed by atoms with Gasteiger partial charge in [-0.3, -0.25) is 4.68 Å². The highest BCUT2D eigenvalue weighted by atomic mass is 35.5. The summed E-state index contributed by atoms with van der Waals surface area (Å²) in [6.07, 6.45) is 2.79. The van der Waals surface area contributed by atoms with Crippen LogP contribution < -0.4 is 4.74 Å². The van der Waals surface area contributed by atoms with E-state index in [0.29, 0.717) is 10.8 Å². The average molecular weight is 330 g/mol. The quantitative estimate of drug-likeness (QED) is 0.810. The molecule has 8 heteroatoms. The van der Waals surface area contributed by atoms with Gasteiger partial charge in [0, 0.05) is 31.9 Å². The van der Waals surface area contributed by atoms with Crippen molar-refractivity contribution in [1.82, 2.24) is 14.1 Å². The molecule has 6 nitrogen and oxygen atoms in total. The smallest absolute Gasteiger partial charge is 0.246 e. The molecule has 0 amide bonds. The van der Waals surface area contributed by atoms with Crippen molar-refractivity contribution in [3.05, 3.63) is 41.7 Å². The van der Waals surface area contributed by atoms with Gasteiger partial charge in [0.15, 0.2) is 0 Å². The summed E-state index contributed by atoms with van der Waals surface area (Å²) in [7, 11) is -0.365. The lowest BCUT2D eigenvalue weighted by atomic mass is 10.3. The molecule has 0 unspecified atom stereocenters. The van der Waals surface area contributed by atoms with Crippen molar-refractivity contribution in [3.8, 4) is 5.75 Å². The first kappa shape index (κ1) is 15.8. The Morgan fingerprint density at radius 1 is 1.43 bits per heavy atom. The number of hydrogen-bond acceptors (Lipinski definition) is 4. The van der Waals surface area contributed by atoms with E-state index in [2.05, 4.69) is 5.10 Å². The van der Waals surface area contributed by atoms with Gasteiger partial charge >= 0.3 is 0 Å². The maximum atomic E-state index is 12.2. The molecule has 1 heterocycles. The number of benzene rings is 1. The Labute approximate surface area is 128 Å². The average Bonchev–Trinajstić information content (AvgIpc) is 2.86. The molecular weight excluding hydrogens is 314 g/mol. The van der Waals surface area contributed by atoms with E-state index >= 15 is 0 Å². The Bertz CT molecular complexity index is 715. The minimum Gasteiger partial charge on any atom is -0.492 e. The number of likely N-dealkylation sites (N-methyl/N-ethyl adjacent to an activating group) is 1. The summed E-state index contributed by atoms with van der Waals surface area (Å²) in [6, 6.07) is 6.96. The van der Waals surface area contributed by atoms with E-state index < -0.39 is 10.0 Å². The molecule has 0 saturated carbocycles. The third kappa shape index (κ3) is 3.96. The molecule has 0 aliphatic rings. The lowest BCUT2D eigenvalue weighted by molar-refractivity contribution is 0.287. The largest absolute Gasteiger partial charge is 0.492 e. The van der Waals surface area contributed by atoms with Gasteiger partial charge < -0.3 is 4.74 Å². The molecule has 0 bridgehead atoms. The molecule has 0 atom stereocenters. The Balaban J connectivity index is 1.94. The molecule has 0 aliphatic heterocycles. The van der Waals surface area contributed by atoms with Gasteiger partial charge in [-0.25, -0.2) is 8.42 Å². The van der Waals surface area contributed by atoms with Crippen molar-refractivity contribution >= 4 is 21.6 Å². The highest BCUT2D eigenvalue weighted by Crippen LogP contribution is 2.17. The van der Waals surface area contributed by atoms with Gasteiger partial charge in [0.1, 0.15) is 17.3 Å². The zero-order valence-corrected chi connectivity index (χ0v) is 13.3. The van der Waals surface area contributed by atoms with Gasteiger partial charge in [-0.1, -0.05) is 17.7 Å². The molecule has 0 fully saturated rings. The van der Waals surface area contributed by atoms with E-state index in [1.54, 1.807) is 31.3 Å². The first-order valence-electron chi connectivity index (χ1n) is 6.23. The SMILES string of the molecule is CN(CCOc1cccc(Cl)c1)S(=O)(=O)c1cnn(C)c1. The van der Waals surface area contributed by atoms with Gasteiger partial charge in [0.25, 0.3) is 0 Å².